The van der Waals surface area contributed by atoms with Crippen molar-refractivity contribution in [2.75, 3.05) is 5.32 Å². The first-order valence-corrected chi connectivity index (χ1v) is 6.64. The number of rotatable bonds is 4. The molecular weight excluding hydrogens is 228 g/mol. The largest absolute Gasteiger partial charge is 0.478 e. The Morgan fingerprint density at radius 2 is 2.39 bits per heavy atom. The van der Waals surface area contributed by atoms with Crippen molar-refractivity contribution in [3.63, 3.8) is 0 Å². The molecule has 0 radical (unpaired) electrons. The standard InChI is InChI=1S/C14H20N2O2/c1-2-10-4-3-5-11(8-10)16-13-9-15-7-6-12(13)14(17)18/h6-7,9-11,16H,2-5,8H2,1H3,(H,17,18). The Kier molecular flexibility index (Phi) is 4.18. The third-order valence-corrected chi connectivity index (χ3v) is 3.77. The molecule has 1 aromatic rings. The van der Waals surface area contributed by atoms with Gasteiger partial charge in [-0.3, -0.25) is 4.98 Å². The average molecular weight is 248 g/mol. The van der Waals surface area contributed by atoms with E-state index in [-0.39, 0.29) is 0 Å². The average Bonchev–Trinajstić information content (AvgIpc) is 2.39. The number of hydrogen-bond donors (Lipinski definition) is 2. The molecule has 2 unspecified atom stereocenters. The molecule has 1 aliphatic rings. The van der Waals surface area contributed by atoms with Crippen LogP contribution in [0.3, 0.4) is 0 Å². The van der Waals surface area contributed by atoms with Gasteiger partial charge in [-0.2, -0.15) is 0 Å². The van der Waals surface area contributed by atoms with E-state index in [1.165, 1.54) is 25.5 Å². The van der Waals surface area contributed by atoms with Crippen LogP contribution in [0.4, 0.5) is 5.69 Å². The monoisotopic (exact) mass is 248 g/mol. The second kappa shape index (κ2) is 5.85. The lowest BCUT2D eigenvalue weighted by Gasteiger charge is -2.30. The van der Waals surface area contributed by atoms with E-state index in [4.69, 9.17) is 5.11 Å². The normalized spacial score (nSPS) is 23.6. The predicted molar refractivity (Wildman–Crippen MR) is 70.9 cm³/mol. The Morgan fingerprint density at radius 1 is 1.56 bits per heavy atom. The molecule has 2 N–H and O–H groups in total. The predicted octanol–water partition coefficient (Wildman–Crippen LogP) is 3.16. The molecule has 18 heavy (non-hydrogen) atoms. The molecule has 1 aromatic heterocycles. The molecule has 4 nitrogen and oxygen atoms in total. The number of hydrogen-bond acceptors (Lipinski definition) is 3. The minimum Gasteiger partial charge on any atom is -0.478 e. The first-order valence-electron chi connectivity index (χ1n) is 6.64. The number of aromatic nitrogens is 1. The van der Waals surface area contributed by atoms with Crippen molar-refractivity contribution in [1.29, 1.82) is 0 Å². The molecule has 0 aliphatic heterocycles. The van der Waals surface area contributed by atoms with Gasteiger partial charge in [0.05, 0.1) is 17.4 Å². The van der Waals surface area contributed by atoms with Crippen molar-refractivity contribution >= 4 is 11.7 Å². The molecule has 0 bridgehead atoms. The molecule has 0 spiro atoms. The third kappa shape index (κ3) is 3.00. The fraction of sp³-hybridized carbons (Fsp3) is 0.571. The molecule has 1 heterocycles. The second-order valence-electron chi connectivity index (χ2n) is 5.01. The highest BCUT2D eigenvalue weighted by molar-refractivity contribution is 5.93. The molecule has 4 heteroatoms. The number of carbonyl (C=O) groups is 1. The quantitative estimate of drug-likeness (QED) is 0.859. The van der Waals surface area contributed by atoms with Gasteiger partial charge >= 0.3 is 5.97 Å². The molecular formula is C14H20N2O2. The number of carboxylic acids is 1. The molecule has 98 valence electrons. The van der Waals surface area contributed by atoms with Crippen LogP contribution in [-0.4, -0.2) is 22.1 Å². The highest BCUT2D eigenvalue weighted by Crippen LogP contribution is 2.29. The third-order valence-electron chi connectivity index (χ3n) is 3.77. The molecule has 1 fully saturated rings. The maximum absolute atomic E-state index is 11.1. The summed E-state index contributed by atoms with van der Waals surface area (Å²) >= 11 is 0. The Hall–Kier alpha value is -1.58. The van der Waals surface area contributed by atoms with Gasteiger partial charge in [-0.1, -0.05) is 26.2 Å². The summed E-state index contributed by atoms with van der Waals surface area (Å²) in [6.07, 6.45) is 9.10. The van der Waals surface area contributed by atoms with Crippen molar-refractivity contribution in [3.8, 4) is 0 Å². The minimum absolute atomic E-state index is 0.309. The van der Waals surface area contributed by atoms with Gasteiger partial charge in [-0.05, 0) is 24.8 Å². The van der Waals surface area contributed by atoms with Gasteiger partial charge in [0, 0.05) is 12.2 Å². The van der Waals surface area contributed by atoms with Crippen LogP contribution in [0.15, 0.2) is 18.5 Å². The van der Waals surface area contributed by atoms with E-state index in [1.807, 2.05) is 0 Å². The van der Waals surface area contributed by atoms with E-state index in [1.54, 1.807) is 12.3 Å². The van der Waals surface area contributed by atoms with Crippen LogP contribution in [0.2, 0.25) is 0 Å². The zero-order valence-electron chi connectivity index (χ0n) is 10.7. The molecule has 2 atom stereocenters. The van der Waals surface area contributed by atoms with E-state index in [9.17, 15) is 4.79 Å². The Balaban J connectivity index is 2.07. The van der Waals surface area contributed by atoms with E-state index in [0.29, 0.717) is 17.3 Å². The maximum Gasteiger partial charge on any atom is 0.337 e. The number of carboxylic acid groups (broad SMARTS) is 1. The van der Waals surface area contributed by atoms with Crippen LogP contribution in [0, 0.1) is 5.92 Å². The molecule has 0 saturated heterocycles. The second-order valence-corrected chi connectivity index (χ2v) is 5.01. The summed E-state index contributed by atoms with van der Waals surface area (Å²) in [7, 11) is 0. The zero-order chi connectivity index (χ0) is 13.0. The van der Waals surface area contributed by atoms with Gasteiger partial charge < -0.3 is 10.4 Å². The molecule has 1 aliphatic carbocycles. The van der Waals surface area contributed by atoms with Crippen LogP contribution < -0.4 is 5.32 Å². The van der Waals surface area contributed by atoms with Gasteiger partial charge in [-0.25, -0.2) is 4.79 Å². The summed E-state index contributed by atoms with van der Waals surface area (Å²) in [5.74, 6) is -0.135. The lowest BCUT2D eigenvalue weighted by Crippen LogP contribution is -2.27. The molecule has 2 rings (SSSR count). The fourth-order valence-corrected chi connectivity index (χ4v) is 2.71. The van der Waals surface area contributed by atoms with Gasteiger partial charge in [0.15, 0.2) is 0 Å². The number of pyridine rings is 1. The van der Waals surface area contributed by atoms with Crippen LogP contribution in [0.5, 0.6) is 0 Å². The zero-order valence-corrected chi connectivity index (χ0v) is 10.7. The first kappa shape index (κ1) is 12.9. The number of aromatic carboxylic acids is 1. The highest BCUT2D eigenvalue weighted by atomic mass is 16.4. The Morgan fingerprint density at radius 3 is 3.11 bits per heavy atom. The summed E-state index contributed by atoms with van der Waals surface area (Å²) in [4.78, 5) is 15.1. The van der Waals surface area contributed by atoms with Gasteiger partial charge in [0.2, 0.25) is 0 Å². The van der Waals surface area contributed by atoms with Crippen LogP contribution in [0.1, 0.15) is 49.4 Å². The van der Waals surface area contributed by atoms with Crippen LogP contribution in [0.25, 0.3) is 0 Å². The Labute approximate surface area is 107 Å². The summed E-state index contributed by atoms with van der Waals surface area (Å²) in [6.45, 7) is 2.22. The van der Waals surface area contributed by atoms with E-state index < -0.39 is 5.97 Å². The van der Waals surface area contributed by atoms with Crippen LogP contribution in [-0.2, 0) is 0 Å². The van der Waals surface area contributed by atoms with Crippen molar-refractivity contribution in [1.82, 2.24) is 4.98 Å². The fourth-order valence-electron chi connectivity index (χ4n) is 2.71. The van der Waals surface area contributed by atoms with Crippen molar-refractivity contribution < 1.29 is 9.90 Å². The van der Waals surface area contributed by atoms with Gasteiger partial charge in [0.25, 0.3) is 0 Å². The van der Waals surface area contributed by atoms with Gasteiger partial charge in [-0.15, -0.1) is 0 Å². The Bertz CT molecular complexity index is 420. The minimum atomic E-state index is -0.900. The highest BCUT2D eigenvalue weighted by Gasteiger charge is 2.22. The SMILES string of the molecule is CCC1CCCC(Nc2cnccc2C(=O)O)C1. The van der Waals surface area contributed by atoms with Crippen molar-refractivity contribution in [3.05, 3.63) is 24.0 Å². The first-order chi connectivity index (χ1) is 8.70. The smallest absolute Gasteiger partial charge is 0.337 e. The summed E-state index contributed by atoms with van der Waals surface area (Å²) in [5, 5.41) is 12.5. The van der Waals surface area contributed by atoms with Crippen LogP contribution >= 0.6 is 0 Å². The molecule has 0 aromatic carbocycles. The molecule has 1 saturated carbocycles. The summed E-state index contributed by atoms with van der Waals surface area (Å²) in [6, 6.07) is 1.93. The van der Waals surface area contributed by atoms with E-state index in [2.05, 4.69) is 17.2 Å². The molecule has 0 amide bonds. The lowest BCUT2D eigenvalue weighted by atomic mass is 9.84. The summed E-state index contributed by atoms with van der Waals surface area (Å²) in [5.41, 5.74) is 0.954. The number of nitrogens with zero attached hydrogens (tertiary/aromatic N) is 1. The van der Waals surface area contributed by atoms with Gasteiger partial charge in [0.1, 0.15) is 0 Å². The topological polar surface area (TPSA) is 62.2 Å². The van der Waals surface area contributed by atoms with E-state index >= 15 is 0 Å². The maximum atomic E-state index is 11.1. The number of anilines is 1. The van der Waals surface area contributed by atoms with Crippen molar-refractivity contribution in [2.24, 2.45) is 5.92 Å². The van der Waals surface area contributed by atoms with Crippen molar-refractivity contribution in [2.45, 2.75) is 45.1 Å². The lowest BCUT2D eigenvalue weighted by molar-refractivity contribution is 0.0697. The number of nitrogens with one attached hydrogen (secondary N) is 1. The van der Waals surface area contributed by atoms with E-state index in [0.717, 1.165) is 18.8 Å². The summed E-state index contributed by atoms with van der Waals surface area (Å²) < 4.78 is 0.